The van der Waals surface area contributed by atoms with E-state index in [0.29, 0.717) is 6.42 Å². The minimum absolute atomic E-state index is 0.650. The molecule has 80 valence electrons. The Morgan fingerprint density at radius 1 is 1.15 bits per heavy atom. The zero-order valence-electron chi connectivity index (χ0n) is 9.70. The van der Waals surface area contributed by atoms with Crippen LogP contribution in [0.2, 0.25) is 0 Å². The van der Waals surface area contributed by atoms with Gasteiger partial charge in [-0.2, -0.15) is 0 Å². The standard InChI is InChI=1S/C12H25F/c1-5-12(4,13)10-8-6-7-9-11(2)3/h11H,5-10H2,1-4H3. The first-order valence-corrected chi connectivity index (χ1v) is 5.67. The van der Waals surface area contributed by atoms with Gasteiger partial charge in [0, 0.05) is 0 Å². The fraction of sp³-hybridized carbons (Fsp3) is 1.00. The molecule has 0 N–H and O–H groups in total. The zero-order chi connectivity index (χ0) is 10.3. The Bertz CT molecular complexity index is 116. The van der Waals surface area contributed by atoms with Crippen LogP contribution in [-0.4, -0.2) is 5.67 Å². The van der Waals surface area contributed by atoms with E-state index in [1.807, 2.05) is 6.92 Å². The Balaban J connectivity index is 3.26. The number of rotatable bonds is 7. The van der Waals surface area contributed by atoms with Crippen LogP contribution >= 0.6 is 0 Å². The van der Waals surface area contributed by atoms with Crippen LogP contribution in [0, 0.1) is 5.92 Å². The number of halogens is 1. The summed E-state index contributed by atoms with van der Waals surface area (Å²) in [5.74, 6) is 0.794. The fourth-order valence-corrected chi connectivity index (χ4v) is 1.40. The van der Waals surface area contributed by atoms with E-state index in [9.17, 15) is 4.39 Å². The quantitative estimate of drug-likeness (QED) is 0.507. The highest BCUT2D eigenvalue weighted by molar-refractivity contribution is 4.70. The van der Waals surface area contributed by atoms with Crippen molar-refractivity contribution in [3.8, 4) is 0 Å². The number of hydrogen-bond donors (Lipinski definition) is 0. The molecule has 0 aliphatic rings. The molecule has 0 amide bonds. The van der Waals surface area contributed by atoms with Crippen molar-refractivity contribution in [3.05, 3.63) is 0 Å². The van der Waals surface area contributed by atoms with Gasteiger partial charge in [-0.1, -0.05) is 46.5 Å². The first-order valence-electron chi connectivity index (χ1n) is 5.67. The molecule has 0 radical (unpaired) electrons. The highest BCUT2D eigenvalue weighted by Gasteiger charge is 2.18. The molecule has 0 rings (SSSR count). The van der Waals surface area contributed by atoms with Gasteiger partial charge >= 0.3 is 0 Å². The van der Waals surface area contributed by atoms with E-state index < -0.39 is 5.67 Å². The van der Waals surface area contributed by atoms with Crippen molar-refractivity contribution in [2.45, 2.75) is 71.9 Å². The van der Waals surface area contributed by atoms with Crippen molar-refractivity contribution >= 4 is 0 Å². The van der Waals surface area contributed by atoms with E-state index in [1.165, 1.54) is 19.3 Å². The lowest BCUT2D eigenvalue weighted by molar-refractivity contribution is 0.163. The summed E-state index contributed by atoms with van der Waals surface area (Å²) >= 11 is 0. The Morgan fingerprint density at radius 3 is 2.23 bits per heavy atom. The fourth-order valence-electron chi connectivity index (χ4n) is 1.40. The molecule has 0 fully saturated rings. The van der Waals surface area contributed by atoms with Crippen LogP contribution in [0.1, 0.15) is 66.2 Å². The van der Waals surface area contributed by atoms with Gasteiger partial charge in [-0.25, -0.2) is 4.39 Å². The van der Waals surface area contributed by atoms with Gasteiger partial charge in [0.25, 0.3) is 0 Å². The Hall–Kier alpha value is -0.0700. The molecule has 1 unspecified atom stereocenters. The van der Waals surface area contributed by atoms with Gasteiger partial charge in [0.05, 0.1) is 0 Å². The summed E-state index contributed by atoms with van der Waals surface area (Å²) in [6, 6.07) is 0. The van der Waals surface area contributed by atoms with Crippen LogP contribution in [-0.2, 0) is 0 Å². The van der Waals surface area contributed by atoms with Crippen molar-refractivity contribution in [1.29, 1.82) is 0 Å². The van der Waals surface area contributed by atoms with Crippen LogP contribution in [0.4, 0.5) is 4.39 Å². The number of alkyl halides is 1. The molecule has 0 aromatic carbocycles. The molecular weight excluding hydrogens is 163 g/mol. The van der Waals surface area contributed by atoms with Gasteiger partial charge in [-0.3, -0.25) is 0 Å². The summed E-state index contributed by atoms with van der Waals surface area (Å²) in [5.41, 5.74) is -0.919. The van der Waals surface area contributed by atoms with Gasteiger partial charge in [-0.05, 0) is 25.7 Å². The molecule has 0 bridgehead atoms. The molecule has 0 heterocycles. The lowest BCUT2D eigenvalue weighted by Crippen LogP contribution is -2.15. The maximum absolute atomic E-state index is 13.4. The van der Waals surface area contributed by atoms with E-state index in [4.69, 9.17) is 0 Å². The molecule has 0 spiro atoms. The molecule has 0 saturated carbocycles. The predicted molar refractivity (Wildman–Crippen MR) is 57.7 cm³/mol. The first kappa shape index (κ1) is 12.9. The maximum atomic E-state index is 13.4. The van der Waals surface area contributed by atoms with Gasteiger partial charge in [0.1, 0.15) is 5.67 Å². The Morgan fingerprint density at radius 2 is 1.77 bits per heavy atom. The molecule has 0 aliphatic heterocycles. The zero-order valence-corrected chi connectivity index (χ0v) is 9.70. The van der Waals surface area contributed by atoms with Crippen molar-refractivity contribution in [1.82, 2.24) is 0 Å². The monoisotopic (exact) mass is 188 g/mol. The third-order valence-electron chi connectivity index (χ3n) is 2.72. The van der Waals surface area contributed by atoms with E-state index in [0.717, 1.165) is 18.8 Å². The van der Waals surface area contributed by atoms with Crippen LogP contribution in [0.25, 0.3) is 0 Å². The highest BCUT2D eigenvalue weighted by atomic mass is 19.1. The molecule has 0 aromatic rings. The van der Waals surface area contributed by atoms with Gasteiger partial charge < -0.3 is 0 Å². The second kappa shape index (κ2) is 6.39. The van der Waals surface area contributed by atoms with Crippen molar-refractivity contribution in [3.63, 3.8) is 0 Å². The van der Waals surface area contributed by atoms with E-state index in [1.54, 1.807) is 6.92 Å². The highest BCUT2D eigenvalue weighted by Crippen LogP contribution is 2.23. The molecule has 0 aromatic heterocycles. The second-order valence-corrected chi connectivity index (χ2v) is 4.76. The van der Waals surface area contributed by atoms with Crippen molar-refractivity contribution in [2.75, 3.05) is 0 Å². The molecule has 0 nitrogen and oxygen atoms in total. The average molecular weight is 188 g/mol. The van der Waals surface area contributed by atoms with Crippen molar-refractivity contribution < 1.29 is 4.39 Å². The van der Waals surface area contributed by atoms with E-state index in [2.05, 4.69) is 13.8 Å². The Kier molecular flexibility index (Phi) is 6.36. The van der Waals surface area contributed by atoms with Crippen LogP contribution in [0.3, 0.4) is 0 Å². The molecule has 1 heteroatoms. The molecule has 0 aliphatic carbocycles. The second-order valence-electron chi connectivity index (χ2n) is 4.76. The third-order valence-corrected chi connectivity index (χ3v) is 2.72. The lowest BCUT2D eigenvalue weighted by Gasteiger charge is -2.17. The third kappa shape index (κ3) is 8.27. The summed E-state index contributed by atoms with van der Waals surface area (Å²) in [7, 11) is 0. The van der Waals surface area contributed by atoms with E-state index >= 15 is 0 Å². The lowest BCUT2D eigenvalue weighted by atomic mass is 9.96. The normalized spacial score (nSPS) is 16.2. The molecular formula is C12H25F. The van der Waals surface area contributed by atoms with Crippen LogP contribution < -0.4 is 0 Å². The minimum atomic E-state index is -0.919. The average Bonchev–Trinajstić information content (AvgIpc) is 2.03. The maximum Gasteiger partial charge on any atom is 0.108 e. The molecule has 0 saturated heterocycles. The largest absolute Gasteiger partial charge is 0.244 e. The minimum Gasteiger partial charge on any atom is -0.244 e. The van der Waals surface area contributed by atoms with Crippen LogP contribution in [0.5, 0.6) is 0 Å². The SMILES string of the molecule is CCC(C)(F)CCCCCC(C)C. The molecule has 1 atom stereocenters. The predicted octanol–water partition coefficient (Wildman–Crippen LogP) is 4.73. The van der Waals surface area contributed by atoms with Gasteiger partial charge in [0.2, 0.25) is 0 Å². The van der Waals surface area contributed by atoms with Crippen molar-refractivity contribution in [2.24, 2.45) is 5.92 Å². The number of hydrogen-bond acceptors (Lipinski definition) is 0. The summed E-state index contributed by atoms with van der Waals surface area (Å²) in [6.07, 6.45) is 6.18. The topological polar surface area (TPSA) is 0 Å². The Labute approximate surface area is 82.9 Å². The van der Waals surface area contributed by atoms with Crippen LogP contribution in [0.15, 0.2) is 0 Å². The van der Waals surface area contributed by atoms with E-state index in [-0.39, 0.29) is 0 Å². The molecule has 13 heavy (non-hydrogen) atoms. The van der Waals surface area contributed by atoms with Gasteiger partial charge in [-0.15, -0.1) is 0 Å². The summed E-state index contributed by atoms with van der Waals surface area (Å²) in [5, 5.41) is 0. The smallest absolute Gasteiger partial charge is 0.108 e. The summed E-state index contributed by atoms with van der Waals surface area (Å²) in [6.45, 7) is 8.13. The first-order chi connectivity index (χ1) is 5.98. The van der Waals surface area contributed by atoms with Gasteiger partial charge in [0.15, 0.2) is 0 Å². The summed E-state index contributed by atoms with van der Waals surface area (Å²) in [4.78, 5) is 0. The number of unbranched alkanes of at least 4 members (excludes halogenated alkanes) is 2. The summed E-state index contributed by atoms with van der Waals surface area (Å²) < 4.78 is 13.4.